The third-order valence-corrected chi connectivity index (χ3v) is 6.32. The van der Waals surface area contributed by atoms with Crippen LogP contribution < -0.4 is 10.6 Å². The van der Waals surface area contributed by atoms with Crippen molar-refractivity contribution in [2.24, 2.45) is 0 Å². The molecule has 222 valence electrons. The van der Waals surface area contributed by atoms with Gasteiger partial charge >= 0.3 is 0 Å². The first-order valence-corrected chi connectivity index (χ1v) is 14.6. The number of amides is 2. The SMILES string of the molecule is CO[C@H]1O[C@H](CNC(=O)CNC(=O)Cc2cccc(Cl)c2)[C@@H](OS(=O)(=O)[O-])[C@H](OS(=O)(=O)[O-])[C@@H]1OS(=O)(=O)[O-]. The molecule has 1 fully saturated rings. The van der Waals surface area contributed by atoms with Gasteiger partial charge in [0.05, 0.1) is 13.0 Å². The Morgan fingerprint density at radius 1 is 0.897 bits per heavy atom. The number of carbonyl (C=O) groups is 2. The number of benzene rings is 1. The van der Waals surface area contributed by atoms with Crippen molar-refractivity contribution in [3.8, 4) is 0 Å². The maximum absolute atomic E-state index is 12.2. The summed E-state index contributed by atoms with van der Waals surface area (Å²) < 4.78 is 123. The van der Waals surface area contributed by atoms with E-state index in [1.807, 2.05) is 0 Å². The van der Waals surface area contributed by atoms with E-state index in [0.717, 1.165) is 7.11 Å². The average Bonchev–Trinajstić information content (AvgIpc) is 2.76. The highest BCUT2D eigenvalue weighted by molar-refractivity contribution is 7.81. The molecule has 1 saturated heterocycles. The summed E-state index contributed by atoms with van der Waals surface area (Å²) in [5.74, 6) is -1.50. The quantitative estimate of drug-likeness (QED) is 0.161. The Morgan fingerprint density at radius 3 is 2.00 bits per heavy atom. The van der Waals surface area contributed by atoms with Crippen LogP contribution in [0, 0.1) is 0 Å². The molecular formula is C17H20ClN2O16S3-3. The molecule has 0 bridgehead atoms. The number of nitrogens with one attached hydrogen (secondary N) is 2. The van der Waals surface area contributed by atoms with Gasteiger partial charge in [-0.3, -0.25) is 22.1 Å². The highest BCUT2D eigenvalue weighted by Crippen LogP contribution is 2.31. The van der Waals surface area contributed by atoms with Crippen LogP contribution in [-0.2, 0) is 69.2 Å². The van der Waals surface area contributed by atoms with Crippen LogP contribution in [0.4, 0.5) is 0 Å². The Bertz CT molecular complexity index is 1350. The lowest BCUT2D eigenvalue weighted by molar-refractivity contribution is -0.274. The minimum absolute atomic E-state index is 0.140. The molecule has 0 aromatic heterocycles. The third-order valence-electron chi connectivity index (χ3n) is 4.71. The first-order chi connectivity index (χ1) is 17.9. The summed E-state index contributed by atoms with van der Waals surface area (Å²) in [6.45, 7) is -1.43. The van der Waals surface area contributed by atoms with E-state index in [9.17, 15) is 48.5 Å². The van der Waals surface area contributed by atoms with Crippen LogP contribution in [-0.4, -0.2) is 102 Å². The number of halogens is 1. The molecule has 1 aromatic carbocycles. The molecule has 2 N–H and O–H groups in total. The summed E-state index contributed by atoms with van der Waals surface area (Å²) in [5, 5.41) is 4.81. The Morgan fingerprint density at radius 2 is 1.46 bits per heavy atom. The Kier molecular flexibility index (Phi) is 11.5. The molecule has 0 saturated carbocycles. The molecule has 0 unspecified atom stereocenters. The minimum atomic E-state index is -5.79. The van der Waals surface area contributed by atoms with Gasteiger partial charge in [0, 0.05) is 18.7 Å². The smallest absolute Gasteiger partial charge is 0.239 e. The molecule has 39 heavy (non-hydrogen) atoms. The molecule has 1 aromatic rings. The standard InChI is InChI=1S/C17H23ClN2O16S3/c1-32-17-16(36-39(29,30)31)15(35-38(26,27)28)14(34-37(23,24)25)11(33-17)7-19-13(22)8-20-12(21)6-9-3-2-4-10(18)5-9/h2-5,11,14-17H,6-8H2,1H3,(H,19,22)(H,20,21)(H,23,24,25)(H,26,27,28)(H,29,30,31)/p-3/t11-,14-,15+,16+,17+/m1/s1. The van der Waals surface area contributed by atoms with Crippen LogP contribution in [0.5, 0.6) is 0 Å². The normalized spacial score (nSPS) is 24.2. The molecule has 18 nitrogen and oxygen atoms in total. The van der Waals surface area contributed by atoms with E-state index in [-0.39, 0.29) is 6.42 Å². The molecule has 1 aliphatic rings. The van der Waals surface area contributed by atoms with Gasteiger partial charge in [-0.1, -0.05) is 23.7 Å². The van der Waals surface area contributed by atoms with Gasteiger partial charge in [-0.2, -0.15) is 0 Å². The first-order valence-electron chi connectivity index (χ1n) is 10.3. The van der Waals surface area contributed by atoms with Gasteiger partial charge in [0.25, 0.3) is 0 Å². The fourth-order valence-electron chi connectivity index (χ4n) is 3.32. The van der Waals surface area contributed by atoms with Gasteiger partial charge in [-0.05, 0) is 17.7 Å². The maximum Gasteiger partial charge on any atom is 0.239 e. The second-order valence-corrected chi connectivity index (χ2v) is 11.0. The van der Waals surface area contributed by atoms with Crippen molar-refractivity contribution in [3.63, 3.8) is 0 Å². The minimum Gasteiger partial charge on any atom is -0.726 e. The van der Waals surface area contributed by atoms with Crippen molar-refractivity contribution >= 4 is 54.6 Å². The van der Waals surface area contributed by atoms with E-state index >= 15 is 0 Å². The van der Waals surface area contributed by atoms with Gasteiger partial charge in [0.2, 0.25) is 43.0 Å². The molecule has 1 aliphatic heterocycles. The van der Waals surface area contributed by atoms with Gasteiger partial charge in [-0.25, -0.2) is 25.3 Å². The van der Waals surface area contributed by atoms with Gasteiger partial charge < -0.3 is 33.8 Å². The van der Waals surface area contributed by atoms with Gasteiger partial charge in [0.15, 0.2) is 12.4 Å². The third kappa shape index (κ3) is 11.9. The monoisotopic (exact) mass is 639 g/mol. The summed E-state index contributed by atoms with van der Waals surface area (Å²) in [5.41, 5.74) is 0.539. The largest absolute Gasteiger partial charge is 0.726 e. The molecule has 2 rings (SSSR count). The topological polar surface area (TPSA) is 276 Å². The summed E-state index contributed by atoms with van der Waals surface area (Å²) in [6, 6.07) is 6.32. The molecule has 5 atom stereocenters. The molecule has 0 aliphatic carbocycles. The lowest BCUT2D eigenvalue weighted by atomic mass is 9.99. The van der Waals surface area contributed by atoms with Crippen molar-refractivity contribution in [3.05, 3.63) is 34.9 Å². The number of hydrogen-bond donors (Lipinski definition) is 2. The molecule has 22 heteroatoms. The predicted molar refractivity (Wildman–Crippen MR) is 121 cm³/mol. The first kappa shape index (κ1) is 33.2. The lowest BCUT2D eigenvalue weighted by Crippen LogP contribution is -2.64. The van der Waals surface area contributed by atoms with Gasteiger partial charge in [0.1, 0.15) is 18.3 Å². The average molecular weight is 640 g/mol. The van der Waals surface area contributed by atoms with Crippen molar-refractivity contribution < 1.29 is 70.5 Å². The van der Waals surface area contributed by atoms with Gasteiger partial charge in [-0.15, -0.1) is 0 Å². The Labute approximate surface area is 227 Å². The zero-order valence-corrected chi connectivity index (χ0v) is 22.7. The number of methoxy groups -OCH3 is 1. The molecule has 1 heterocycles. The Balaban J connectivity index is 2.18. The summed E-state index contributed by atoms with van der Waals surface area (Å²) in [7, 11) is -16.4. The van der Waals surface area contributed by atoms with Crippen molar-refractivity contribution in [1.29, 1.82) is 0 Å². The summed E-state index contributed by atoms with van der Waals surface area (Å²) in [4.78, 5) is 24.3. The van der Waals surface area contributed by atoms with E-state index in [0.29, 0.717) is 10.6 Å². The maximum atomic E-state index is 12.2. The van der Waals surface area contributed by atoms with Crippen LogP contribution in [0.25, 0.3) is 0 Å². The van der Waals surface area contributed by atoms with Crippen LogP contribution in [0.1, 0.15) is 5.56 Å². The number of ether oxygens (including phenoxy) is 2. The van der Waals surface area contributed by atoms with Crippen molar-refractivity contribution in [2.45, 2.75) is 37.1 Å². The van der Waals surface area contributed by atoms with E-state index in [1.165, 1.54) is 6.07 Å². The number of hydrogen-bond acceptors (Lipinski definition) is 16. The van der Waals surface area contributed by atoms with E-state index in [4.69, 9.17) is 21.1 Å². The fraction of sp³-hybridized carbons (Fsp3) is 0.529. The second-order valence-electron chi connectivity index (χ2n) is 7.57. The van der Waals surface area contributed by atoms with Crippen LogP contribution in [0.3, 0.4) is 0 Å². The highest BCUT2D eigenvalue weighted by Gasteiger charge is 2.51. The zero-order chi connectivity index (χ0) is 29.6. The lowest BCUT2D eigenvalue weighted by Gasteiger charge is -2.45. The van der Waals surface area contributed by atoms with E-state index in [2.05, 4.69) is 23.2 Å². The number of rotatable bonds is 13. The Hall–Kier alpha value is -2.02. The predicted octanol–water partition coefficient (Wildman–Crippen LogP) is -2.98. The molecule has 0 radical (unpaired) electrons. The van der Waals surface area contributed by atoms with Crippen molar-refractivity contribution in [2.75, 3.05) is 20.2 Å². The summed E-state index contributed by atoms with van der Waals surface area (Å²) in [6.07, 6.45) is -11.6. The van der Waals surface area contributed by atoms with E-state index < -0.39 is 86.8 Å². The number of carbonyl (C=O) groups excluding carboxylic acids is 2. The molecule has 2 amide bonds. The molecule has 0 spiro atoms. The van der Waals surface area contributed by atoms with Crippen LogP contribution in [0.2, 0.25) is 5.02 Å². The summed E-state index contributed by atoms with van der Waals surface area (Å²) >= 11 is 5.83. The van der Waals surface area contributed by atoms with E-state index in [1.54, 1.807) is 18.2 Å². The highest BCUT2D eigenvalue weighted by atomic mass is 35.5. The molecular weight excluding hydrogens is 620 g/mol. The fourth-order valence-corrected chi connectivity index (χ4v) is 5.00. The van der Waals surface area contributed by atoms with Crippen molar-refractivity contribution in [1.82, 2.24) is 10.6 Å². The zero-order valence-electron chi connectivity index (χ0n) is 19.5. The van der Waals surface area contributed by atoms with Crippen LogP contribution in [0.15, 0.2) is 24.3 Å². The van der Waals surface area contributed by atoms with Crippen LogP contribution >= 0.6 is 11.6 Å². The second kappa shape index (κ2) is 13.6.